The maximum atomic E-state index is 11.6. The molecule has 0 radical (unpaired) electrons. The molecule has 2 rings (SSSR count). The molecule has 8 nitrogen and oxygen atoms in total. The average Bonchev–Trinajstić information content (AvgIpc) is 2.92. The predicted octanol–water partition coefficient (Wildman–Crippen LogP) is -0.0434. The monoisotopic (exact) mass is 262 g/mol. The minimum absolute atomic E-state index is 0.271. The topological polar surface area (TPSA) is 108 Å². The lowest BCUT2D eigenvalue weighted by Gasteiger charge is -2.11. The Kier molecular flexibility index (Phi) is 3.71. The molecule has 1 amide bonds. The third-order valence-electron chi connectivity index (χ3n) is 2.46. The van der Waals surface area contributed by atoms with Crippen LogP contribution >= 0.6 is 0 Å². The summed E-state index contributed by atoms with van der Waals surface area (Å²) in [6.07, 6.45) is 1.44. The van der Waals surface area contributed by atoms with Gasteiger partial charge in [-0.3, -0.25) is 4.79 Å². The van der Waals surface area contributed by atoms with Gasteiger partial charge in [0.1, 0.15) is 17.8 Å². The van der Waals surface area contributed by atoms with Crippen molar-refractivity contribution in [1.29, 1.82) is 0 Å². The predicted molar refractivity (Wildman–Crippen MR) is 68.0 cm³/mol. The van der Waals surface area contributed by atoms with Crippen molar-refractivity contribution >= 4 is 11.6 Å². The van der Waals surface area contributed by atoms with Gasteiger partial charge in [-0.1, -0.05) is 0 Å². The van der Waals surface area contributed by atoms with Gasteiger partial charge >= 0.3 is 0 Å². The van der Waals surface area contributed by atoms with Crippen LogP contribution in [0.25, 0.3) is 5.69 Å². The Bertz CT molecular complexity index is 567. The van der Waals surface area contributed by atoms with Crippen LogP contribution in [0.5, 0.6) is 5.75 Å². The summed E-state index contributed by atoms with van der Waals surface area (Å²) in [5.41, 5.74) is 6.71. The molecular weight excluding hydrogens is 248 g/mol. The summed E-state index contributed by atoms with van der Waals surface area (Å²) in [6, 6.07) is 4.55. The van der Waals surface area contributed by atoms with Crippen LogP contribution in [0, 0.1) is 0 Å². The number of nitrogens with two attached hydrogens (primary N) is 1. The zero-order valence-corrected chi connectivity index (χ0v) is 10.6. The highest BCUT2D eigenvalue weighted by atomic mass is 16.5. The van der Waals surface area contributed by atoms with Gasteiger partial charge in [0, 0.05) is 5.69 Å². The summed E-state index contributed by atoms with van der Waals surface area (Å²) in [7, 11) is 1.55. The fourth-order valence-electron chi connectivity index (χ4n) is 1.47. The van der Waals surface area contributed by atoms with E-state index in [-0.39, 0.29) is 5.91 Å². The van der Waals surface area contributed by atoms with Crippen LogP contribution in [0.4, 0.5) is 5.69 Å². The number of nitrogens with zero attached hydrogens (tertiary/aromatic N) is 4. The SMILES string of the molecule is COc1ccc(NC(=O)[C@H](C)N)cc1-n1cnnn1. The molecule has 0 fully saturated rings. The number of rotatable bonds is 4. The highest BCUT2D eigenvalue weighted by Crippen LogP contribution is 2.25. The number of tetrazole rings is 1. The molecule has 0 unspecified atom stereocenters. The van der Waals surface area contributed by atoms with E-state index in [4.69, 9.17) is 10.5 Å². The molecule has 1 aromatic carbocycles. The van der Waals surface area contributed by atoms with E-state index in [0.29, 0.717) is 17.1 Å². The zero-order chi connectivity index (χ0) is 13.8. The van der Waals surface area contributed by atoms with Crippen LogP contribution in [-0.4, -0.2) is 39.3 Å². The summed E-state index contributed by atoms with van der Waals surface area (Å²) >= 11 is 0. The lowest BCUT2D eigenvalue weighted by Crippen LogP contribution is -2.32. The summed E-state index contributed by atoms with van der Waals surface area (Å²) in [6.45, 7) is 1.61. The first-order valence-electron chi connectivity index (χ1n) is 5.59. The number of amides is 1. The van der Waals surface area contributed by atoms with E-state index in [2.05, 4.69) is 20.8 Å². The van der Waals surface area contributed by atoms with Crippen LogP contribution in [0.15, 0.2) is 24.5 Å². The van der Waals surface area contributed by atoms with Crippen molar-refractivity contribution in [2.75, 3.05) is 12.4 Å². The van der Waals surface area contributed by atoms with Gasteiger partial charge in [0.2, 0.25) is 5.91 Å². The number of carbonyl (C=O) groups excluding carboxylic acids is 1. The Morgan fingerprint density at radius 1 is 1.53 bits per heavy atom. The maximum absolute atomic E-state index is 11.6. The van der Waals surface area contributed by atoms with Crippen LogP contribution in [0.3, 0.4) is 0 Å². The fraction of sp³-hybridized carbons (Fsp3) is 0.273. The first-order chi connectivity index (χ1) is 9.11. The summed E-state index contributed by atoms with van der Waals surface area (Å²) in [5, 5.41) is 13.6. The van der Waals surface area contributed by atoms with Gasteiger partial charge in [0.15, 0.2) is 0 Å². The number of ether oxygens (including phenoxy) is 1. The van der Waals surface area contributed by atoms with E-state index in [9.17, 15) is 4.79 Å². The van der Waals surface area contributed by atoms with Crippen molar-refractivity contribution in [1.82, 2.24) is 20.2 Å². The zero-order valence-electron chi connectivity index (χ0n) is 10.6. The third kappa shape index (κ3) is 2.86. The van der Waals surface area contributed by atoms with Crippen molar-refractivity contribution in [2.45, 2.75) is 13.0 Å². The largest absolute Gasteiger partial charge is 0.494 e. The Morgan fingerprint density at radius 2 is 2.32 bits per heavy atom. The minimum atomic E-state index is -0.585. The Labute approximate surface area is 109 Å². The van der Waals surface area contributed by atoms with Crippen LogP contribution in [0.1, 0.15) is 6.92 Å². The van der Waals surface area contributed by atoms with Gasteiger partial charge in [-0.25, -0.2) is 0 Å². The van der Waals surface area contributed by atoms with Crippen molar-refractivity contribution in [2.24, 2.45) is 5.73 Å². The number of carbonyl (C=O) groups is 1. The van der Waals surface area contributed by atoms with E-state index in [0.717, 1.165) is 0 Å². The Morgan fingerprint density at radius 3 is 2.89 bits per heavy atom. The minimum Gasteiger partial charge on any atom is -0.494 e. The highest BCUT2D eigenvalue weighted by Gasteiger charge is 2.11. The number of hydrogen-bond donors (Lipinski definition) is 2. The molecule has 19 heavy (non-hydrogen) atoms. The van der Waals surface area contributed by atoms with Crippen LogP contribution in [0.2, 0.25) is 0 Å². The molecule has 1 atom stereocenters. The van der Waals surface area contributed by atoms with Gasteiger partial charge < -0.3 is 15.8 Å². The molecule has 1 heterocycles. The van der Waals surface area contributed by atoms with E-state index in [1.807, 2.05) is 0 Å². The number of methoxy groups -OCH3 is 1. The smallest absolute Gasteiger partial charge is 0.240 e. The van der Waals surface area contributed by atoms with Gasteiger partial charge in [0.05, 0.1) is 13.2 Å². The number of anilines is 1. The molecule has 0 saturated carbocycles. The number of benzene rings is 1. The number of aromatic nitrogens is 4. The average molecular weight is 262 g/mol. The molecule has 0 aliphatic heterocycles. The molecular formula is C11H14N6O2. The molecule has 0 aliphatic rings. The second kappa shape index (κ2) is 5.44. The third-order valence-corrected chi connectivity index (χ3v) is 2.46. The lowest BCUT2D eigenvalue weighted by molar-refractivity contribution is -0.117. The first kappa shape index (κ1) is 13.0. The van der Waals surface area contributed by atoms with E-state index in [1.165, 1.54) is 11.0 Å². The molecule has 0 aliphatic carbocycles. The van der Waals surface area contributed by atoms with Crippen molar-refractivity contribution < 1.29 is 9.53 Å². The lowest BCUT2D eigenvalue weighted by atomic mass is 10.2. The van der Waals surface area contributed by atoms with Gasteiger partial charge in [-0.15, -0.1) is 5.10 Å². The standard InChI is InChI=1S/C11H14N6O2/c1-7(12)11(18)14-8-3-4-10(19-2)9(5-8)17-6-13-15-16-17/h3-7H,12H2,1-2H3,(H,14,18)/t7-/m0/s1. The molecule has 100 valence electrons. The molecule has 0 saturated heterocycles. The summed E-state index contributed by atoms with van der Waals surface area (Å²) < 4.78 is 6.67. The molecule has 0 bridgehead atoms. The first-order valence-corrected chi connectivity index (χ1v) is 5.59. The van der Waals surface area contributed by atoms with Gasteiger partial charge in [-0.05, 0) is 35.5 Å². The van der Waals surface area contributed by atoms with E-state index < -0.39 is 6.04 Å². The molecule has 1 aromatic heterocycles. The summed E-state index contributed by atoms with van der Waals surface area (Å²) in [4.78, 5) is 11.6. The quantitative estimate of drug-likeness (QED) is 0.800. The van der Waals surface area contributed by atoms with E-state index >= 15 is 0 Å². The molecule has 3 N–H and O–H groups in total. The maximum Gasteiger partial charge on any atom is 0.240 e. The fourth-order valence-corrected chi connectivity index (χ4v) is 1.47. The second-order valence-corrected chi connectivity index (χ2v) is 3.92. The number of hydrogen-bond acceptors (Lipinski definition) is 6. The van der Waals surface area contributed by atoms with Crippen molar-refractivity contribution in [3.63, 3.8) is 0 Å². The van der Waals surface area contributed by atoms with Crippen LogP contribution in [-0.2, 0) is 4.79 Å². The van der Waals surface area contributed by atoms with E-state index in [1.54, 1.807) is 32.2 Å². The van der Waals surface area contributed by atoms with Gasteiger partial charge in [0.25, 0.3) is 0 Å². The highest BCUT2D eigenvalue weighted by molar-refractivity contribution is 5.94. The van der Waals surface area contributed by atoms with Crippen molar-refractivity contribution in [3.8, 4) is 11.4 Å². The normalized spacial score (nSPS) is 11.9. The Hall–Kier alpha value is -2.48. The molecule has 2 aromatic rings. The van der Waals surface area contributed by atoms with Crippen LogP contribution < -0.4 is 15.8 Å². The molecule has 8 heteroatoms. The Balaban J connectivity index is 2.34. The summed E-state index contributed by atoms with van der Waals surface area (Å²) in [5.74, 6) is 0.318. The molecule has 0 spiro atoms. The number of nitrogens with one attached hydrogen (secondary N) is 1. The van der Waals surface area contributed by atoms with Crippen molar-refractivity contribution in [3.05, 3.63) is 24.5 Å². The van der Waals surface area contributed by atoms with Gasteiger partial charge in [-0.2, -0.15) is 4.68 Å². The second-order valence-electron chi connectivity index (χ2n) is 3.92.